The fraction of sp³-hybridized carbons (Fsp3) is 0.714. The van der Waals surface area contributed by atoms with Crippen molar-refractivity contribution in [1.29, 1.82) is 0 Å². The lowest BCUT2D eigenvalue weighted by molar-refractivity contribution is 0.758. The maximum absolute atomic E-state index is 2.49. The summed E-state index contributed by atoms with van der Waals surface area (Å²) >= 11 is 0. The summed E-state index contributed by atoms with van der Waals surface area (Å²) < 4.78 is 0. The van der Waals surface area contributed by atoms with Gasteiger partial charge in [0.05, 0.1) is 0 Å². The molecule has 3 aliphatic rings. The number of allylic oxidation sites excluding steroid dienone is 2. The molecule has 2 atom stereocenters. The van der Waals surface area contributed by atoms with Crippen LogP contribution >= 0.6 is 0 Å². The fourth-order valence-electron chi connectivity index (χ4n) is 2.19. The SMILES string of the molecule is C1=C2CCC3CC123. The Balaban J connectivity index is 2.20. The van der Waals surface area contributed by atoms with Crippen molar-refractivity contribution in [2.45, 2.75) is 19.3 Å². The quantitative estimate of drug-likeness (QED) is 0.399. The number of hydrogen-bond donors (Lipinski definition) is 0. The van der Waals surface area contributed by atoms with Gasteiger partial charge in [-0.15, -0.1) is 0 Å². The summed E-state index contributed by atoms with van der Waals surface area (Å²) in [6.45, 7) is 0. The average molecular weight is 92.1 g/mol. The molecule has 3 rings (SSSR count). The van der Waals surface area contributed by atoms with E-state index in [1.807, 2.05) is 0 Å². The molecule has 0 heteroatoms. The summed E-state index contributed by atoms with van der Waals surface area (Å²) in [5.41, 5.74) is 2.62. The Bertz CT molecular complexity index is 167. The van der Waals surface area contributed by atoms with Crippen molar-refractivity contribution in [3.63, 3.8) is 0 Å². The van der Waals surface area contributed by atoms with Crippen molar-refractivity contribution in [3.8, 4) is 0 Å². The Morgan fingerprint density at radius 1 is 1.71 bits per heavy atom. The molecule has 0 bridgehead atoms. The predicted octanol–water partition coefficient (Wildman–Crippen LogP) is 1.73. The van der Waals surface area contributed by atoms with Crippen LogP contribution in [0.25, 0.3) is 0 Å². The third-order valence-corrected chi connectivity index (χ3v) is 2.86. The van der Waals surface area contributed by atoms with Gasteiger partial charge >= 0.3 is 0 Å². The van der Waals surface area contributed by atoms with Crippen molar-refractivity contribution < 1.29 is 0 Å². The van der Waals surface area contributed by atoms with Gasteiger partial charge in [-0.3, -0.25) is 0 Å². The van der Waals surface area contributed by atoms with Crippen molar-refractivity contribution in [2.75, 3.05) is 0 Å². The smallest absolute Gasteiger partial charge is 0.0126 e. The van der Waals surface area contributed by atoms with E-state index in [0.29, 0.717) is 0 Å². The molecular formula is C7H8. The van der Waals surface area contributed by atoms with E-state index in [2.05, 4.69) is 6.08 Å². The standard InChI is InChI=1S/C7H8/c1-2-6-4-7(6)3-5(1)7/h3,6H,1-2,4H2. The minimum atomic E-state index is 0.819. The molecule has 3 aliphatic carbocycles. The summed E-state index contributed by atoms with van der Waals surface area (Å²) in [6.07, 6.45) is 6.99. The highest BCUT2D eigenvalue weighted by molar-refractivity contribution is 5.51. The molecular weight excluding hydrogens is 84.1 g/mol. The second kappa shape index (κ2) is 0.521. The van der Waals surface area contributed by atoms with Crippen LogP contribution in [0.15, 0.2) is 11.6 Å². The highest BCUT2D eigenvalue weighted by Gasteiger charge is 2.66. The van der Waals surface area contributed by atoms with Crippen LogP contribution in [-0.2, 0) is 0 Å². The first-order chi connectivity index (χ1) is 3.42. The van der Waals surface area contributed by atoms with Gasteiger partial charge in [0.15, 0.2) is 0 Å². The highest BCUT2D eigenvalue weighted by atomic mass is 14.7. The third kappa shape index (κ3) is 0.155. The van der Waals surface area contributed by atoms with Gasteiger partial charge in [0.1, 0.15) is 0 Å². The van der Waals surface area contributed by atoms with Gasteiger partial charge in [0.25, 0.3) is 0 Å². The Morgan fingerprint density at radius 2 is 2.71 bits per heavy atom. The topological polar surface area (TPSA) is 0 Å². The summed E-state index contributed by atoms with van der Waals surface area (Å²) in [6, 6.07) is 0. The monoisotopic (exact) mass is 92.1 g/mol. The maximum Gasteiger partial charge on any atom is 0.0126 e. The molecule has 36 valence electrons. The van der Waals surface area contributed by atoms with E-state index in [1.165, 1.54) is 19.3 Å². The van der Waals surface area contributed by atoms with Gasteiger partial charge in [-0.05, 0) is 25.2 Å². The van der Waals surface area contributed by atoms with Crippen LogP contribution in [0.2, 0.25) is 0 Å². The Hall–Kier alpha value is -0.260. The fourth-order valence-corrected chi connectivity index (χ4v) is 2.19. The van der Waals surface area contributed by atoms with Crippen LogP contribution < -0.4 is 0 Å². The van der Waals surface area contributed by atoms with Crippen LogP contribution in [0.4, 0.5) is 0 Å². The molecule has 0 aromatic rings. The Kier molecular flexibility index (Phi) is 0.216. The molecule has 0 aromatic heterocycles. The first-order valence-corrected chi connectivity index (χ1v) is 3.14. The van der Waals surface area contributed by atoms with Gasteiger partial charge in [0, 0.05) is 5.41 Å². The van der Waals surface area contributed by atoms with Gasteiger partial charge in [-0.2, -0.15) is 0 Å². The van der Waals surface area contributed by atoms with Gasteiger partial charge in [-0.1, -0.05) is 11.6 Å². The lowest BCUT2D eigenvalue weighted by Gasteiger charge is -1.80. The van der Waals surface area contributed by atoms with Crippen LogP contribution in [-0.4, -0.2) is 0 Å². The van der Waals surface area contributed by atoms with Crippen molar-refractivity contribution >= 4 is 0 Å². The lowest BCUT2D eigenvalue weighted by Crippen LogP contribution is -1.68. The van der Waals surface area contributed by atoms with Gasteiger partial charge in [0.2, 0.25) is 0 Å². The predicted molar refractivity (Wildman–Crippen MR) is 27.9 cm³/mol. The zero-order valence-corrected chi connectivity index (χ0v) is 4.28. The minimum Gasteiger partial charge on any atom is -0.0739 e. The second-order valence-electron chi connectivity index (χ2n) is 3.15. The average Bonchev–Trinajstić information content (AvgIpc) is 2.49. The Morgan fingerprint density at radius 3 is 2.86 bits per heavy atom. The summed E-state index contributed by atoms with van der Waals surface area (Å²) in [5.74, 6) is 1.14. The van der Waals surface area contributed by atoms with Crippen molar-refractivity contribution in [2.24, 2.45) is 11.3 Å². The van der Waals surface area contributed by atoms with E-state index in [0.717, 1.165) is 11.3 Å². The van der Waals surface area contributed by atoms with E-state index in [9.17, 15) is 0 Å². The minimum absolute atomic E-state index is 0.819. The Labute approximate surface area is 43.2 Å². The zero-order valence-electron chi connectivity index (χ0n) is 4.28. The maximum atomic E-state index is 2.49. The third-order valence-electron chi connectivity index (χ3n) is 2.86. The first-order valence-electron chi connectivity index (χ1n) is 3.14. The molecule has 0 saturated heterocycles. The number of hydrogen-bond acceptors (Lipinski definition) is 0. The molecule has 0 aromatic carbocycles. The molecule has 7 heavy (non-hydrogen) atoms. The van der Waals surface area contributed by atoms with E-state index in [1.54, 1.807) is 5.57 Å². The summed E-state index contributed by atoms with van der Waals surface area (Å²) in [4.78, 5) is 0. The summed E-state index contributed by atoms with van der Waals surface area (Å²) in [5, 5.41) is 0. The summed E-state index contributed by atoms with van der Waals surface area (Å²) in [7, 11) is 0. The largest absolute Gasteiger partial charge is 0.0739 e. The zero-order chi connectivity index (χ0) is 4.48. The van der Waals surface area contributed by atoms with Crippen LogP contribution in [0.1, 0.15) is 19.3 Å². The number of rotatable bonds is 0. The molecule has 0 radical (unpaired) electrons. The molecule has 2 saturated carbocycles. The van der Waals surface area contributed by atoms with Gasteiger partial charge in [-0.25, -0.2) is 0 Å². The lowest BCUT2D eigenvalue weighted by atomic mass is 10.3. The van der Waals surface area contributed by atoms with Crippen LogP contribution in [0.3, 0.4) is 0 Å². The first kappa shape index (κ1) is 2.91. The molecule has 0 N–H and O–H groups in total. The van der Waals surface area contributed by atoms with E-state index >= 15 is 0 Å². The van der Waals surface area contributed by atoms with Crippen molar-refractivity contribution in [3.05, 3.63) is 11.6 Å². The van der Waals surface area contributed by atoms with Crippen LogP contribution in [0, 0.1) is 11.3 Å². The van der Waals surface area contributed by atoms with E-state index in [-0.39, 0.29) is 0 Å². The van der Waals surface area contributed by atoms with E-state index < -0.39 is 0 Å². The highest BCUT2D eigenvalue weighted by Crippen LogP contribution is 2.76. The van der Waals surface area contributed by atoms with Gasteiger partial charge < -0.3 is 0 Å². The normalized spacial score (nSPS) is 60.6. The molecule has 0 amide bonds. The molecule has 2 unspecified atom stereocenters. The second-order valence-corrected chi connectivity index (χ2v) is 3.15. The van der Waals surface area contributed by atoms with E-state index in [4.69, 9.17) is 0 Å². The molecule has 1 spiro atoms. The van der Waals surface area contributed by atoms with Crippen LogP contribution in [0.5, 0.6) is 0 Å². The molecule has 0 aliphatic heterocycles. The molecule has 2 fully saturated rings. The molecule has 0 heterocycles. The molecule has 0 nitrogen and oxygen atoms in total. The van der Waals surface area contributed by atoms with Crippen molar-refractivity contribution in [1.82, 2.24) is 0 Å².